The summed E-state index contributed by atoms with van der Waals surface area (Å²) in [5.74, 6) is 5.90. The Morgan fingerprint density at radius 3 is 2.59 bits per heavy atom. The van der Waals surface area contributed by atoms with E-state index >= 15 is 0 Å². The van der Waals surface area contributed by atoms with E-state index in [1.54, 1.807) is 7.05 Å². The average Bonchev–Trinajstić information content (AvgIpc) is 2.37. The van der Waals surface area contributed by atoms with Crippen LogP contribution in [-0.4, -0.2) is 31.1 Å². The van der Waals surface area contributed by atoms with Gasteiger partial charge in [-0.25, -0.2) is 10.6 Å². The van der Waals surface area contributed by atoms with Crippen LogP contribution in [-0.2, 0) is 6.42 Å². The predicted molar refractivity (Wildman–Crippen MR) is 66.7 cm³/mol. The van der Waals surface area contributed by atoms with E-state index in [0.29, 0.717) is 13.2 Å². The molecule has 0 aromatic heterocycles. The van der Waals surface area contributed by atoms with Crippen LogP contribution >= 0.6 is 0 Å². The molecule has 5 nitrogen and oxygen atoms in total. The molecule has 3 N–H and O–H groups in total. The number of hydrogen-bond acceptors (Lipinski definition) is 3. The molecule has 0 heterocycles. The Bertz CT molecular complexity index is 351. The van der Waals surface area contributed by atoms with Gasteiger partial charge < -0.3 is 9.64 Å². The van der Waals surface area contributed by atoms with E-state index in [0.717, 1.165) is 17.7 Å². The van der Waals surface area contributed by atoms with Gasteiger partial charge in [0.15, 0.2) is 0 Å². The Labute approximate surface area is 102 Å². The first kappa shape index (κ1) is 13.3. The molecule has 1 aromatic rings. The lowest BCUT2D eigenvalue weighted by Gasteiger charge is -2.16. The molecule has 0 saturated heterocycles. The number of amides is 2. The Kier molecular flexibility index (Phi) is 5.29. The molecule has 2 amide bonds. The molecule has 94 valence electrons. The van der Waals surface area contributed by atoms with Gasteiger partial charge in [0.2, 0.25) is 0 Å². The van der Waals surface area contributed by atoms with Crippen molar-refractivity contribution in [1.82, 2.24) is 10.3 Å². The number of ether oxygens (including phenoxy) is 1. The first-order chi connectivity index (χ1) is 8.17. The Balaban J connectivity index is 2.44. The van der Waals surface area contributed by atoms with Crippen LogP contribution in [0.25, 0.3) is 0 Å². The maximum atomic E-state index is 11.1. The zero-order valence-electron chi connectivity index (χ0n) is 10.3. The molecule has 0 spiro atoms. The van der Waals surface area contributed by atoms with Crippen molar-refractivity contribution in [3.8, 4) is 5.75 Å². The summed E-state index contributed by atoms with van der Waals surface area (Å²) in [7, 11) is 1.71. The molecular formula is C12H19N3O2. The first-order valence-corrected chi connectivity index (χ1v) is 5.60. The summed E-state index contributed by atoms with van der Waals surface area (Å²) in [5.41, 5.74) is 3.25. The van der Waals surface area contributed by atoms with Gasteiger partial charge in [-0.2, -0.15) is 0 Å². The predicted octanol–water partition coefficient (Wildman–Crippen LogP) is 1.14. The fraction of sp³-hybridized carbons (Fsp3) is 0.417. The second-order valence-corrected chi connectivity index (χ2v) is 3.70. The van der Waals surface area contributed by atoms with E-state index < -0.39 is 0 Å². The highest BCUT2D eigenvalue weighted by Gasteiger charge is 2.05. The van der Waals surface area contributed by atoms with Crippen molar-refractivity contribution in [2.45, 2.75) is 13.3 Å². The second-order valence-electron chi connectivity index (χ2n) is 3.70. The molecule has 17 heavy (non-hydrogen) atoms. The number of nitrogens with zero attached hydrogens (tertiary/aromatic N) is 1. The summed E-state index contributed by atoms with van der Waals surface area (Å²) in [6, 6.07) is 7.58. The van der Waals surface area contributed by atoms with Gasteiger partial charge in [0.1, 0.15) is 5.75 Å². The van der Waals surface area contributed by atoms with Crippen LogP contribution in [0.3, 0.4) is 0 Å². The number of benzene rings is 1. The van der Waals surface area contributed by atoms with E-state index in [-0.39, 0.29) is 6.03 Å². The largest absolute Gasteiger partial charge is 0.494 e. The lowest BCUT2D eigenvalue weighted by Crippen LogP contribution is -2.41. The summed E-state index contributed by atoms with van der Waals surface area (Å²) in [6.07, 6.45) is 0.788. The molecule has 1 rings (SSSR count). The van der Waals surface area contributed by atoms with Crippen molar-refractivity contribution in [3.63, 3.8) is 0 Å². The minimum absolute atomic E-state index is 0.282. The van der Waals surface area contributed by atoms with Gasteiger partial charge in [-0.15, -0.1) is 0 Å². The van der Waals surface area contributed by atoms with Gasteiger partial charge in [-0.3, -0.25) is 5.43 Å². The number of hydrazine groups is 1. The van der Waals surface area contributed by atoms with Crippen LogP contribution in [0.5, 0.6) is 5.75 Å². The maximum absolute atomic E-state index is 11.1. The molecule has 0 aliphatic rings. The van der Waals surface area contributed by atoms with Gasteiger partial charge >= 0.3 is 6.03 Å². The topological polar surface area (TPSA) is 67.6 Å². The van der Waals surface area contributed by atoms with Crippen molar-refractivity contribution in [1.29, 1.82) is 0 Å². The molecule has 0 saturated carbocycles. The van der Waals surface area contributed by atoms with Crippen molar-refractivity contribution in [3.05, 3.63) is 29.8 Å². The molecule has 5 heteroatoms. The zero-order valence-corrected chi connectivity index (χ0v) is 10.3. The third kappa shape index (κ3) is 4.32. The second kappa shape index (κ2) is 6.75. The number of carbonyl (C=O) groups excluding carboxylic acids is 1. The van der Waals surface area contributed by atoms with Gasteiger partial charge in [0, 0.05) is 13.6 Å². The van der Waals surface area contributed by atoms with E-state index in [1.807, 2.05) is 31.2 Å². The van der Waals surface area contributed by atoms with Crippen LogP contribution in [0.15, 0.2) is 24.3 Å². The Morgan fingerprint density at radius 1 is 1.41 bits per heavy atom. The zero-order chi connectivity index (χ0) is 12.7. The van der Waals surface area contributed by atoms with Gasteiger partial charge in [0.25, 0.3) is 0 Å². The minimum atomic E-state index is -0.282. The number of carbonyl (C=O) groups is 1. The molecule has 0 fully saturated rings. The molecule has 0 unspecified atom stereocenters. The third-order valence-corrected chi connectivity index (χ3v) is 2.44. The number of rotatable bonds is 5. The van der Waals surface area contributed by atoms with Gasteiger partial charge in [-0.1, -0.05) is 12.1 Å². The summed E-state index contributed by atoms with van der Waals surface area (Å²) < 4.78 is 5.35. The molecule has 0 bridgehead atoms. The van der Waals surface area contributed by atoms with Crippen LogP contribution in [0.4, 0.5) is 4.79 Å². The number of likely N-dealkylation sites (N-methyl/N-ethyl adjacent to an activating group) is 1. The molecule has 0 aliphatic carbocycles. The van der Waals surface area contributed by atoms with E-state index in [4.69, 9.17) is 10.6 Å². The van der Waals surface area contributed by atoms with E-state index in [1.165, 1.54) is 4.90 Å². The van der Waals surface area contributed by atoms with Crippen LogP contribution in [0.1, 0.15) is 12.5 Å². The van der Waals surface area contributed by atoms with Crippen molar-refractivity contribution >= 4 is 6.03 Å². The number of hydrogen-bond donors (Lipinski definition) is 2. The smallest absolute Gasteiger partial charge is 0.331 e. The number of urea groups is 1. The van der Waals surface area contributed by atoms with Crippen molar-refractivity contribution in [2.75, 3.05) is 20.2 Å². The fourth-order valence-corrected chi connectivity index (χ4v) is 1.43. The molecule has 0 radical (unpaired) electrons. The fourth-order valence-electron chi connectivity index (χ4n) is 1.43. The summed E-state index contributed by atoms with van der Waals surface area (Å²) >= 11 is 0. The minimum Gasteiger partial charge on any atom is -0.494 e. The van der Waals surface area contributed by atoms with Crippen molar-refractivity contribution < 1.29 is 9.53 Å². The molecule has 0 aliphatic heterocycles. The Hall–Kier alpha value is -1.75. The van der Waals surface area contributed by atoms with Gasteiger partial charge in [0.05, 0.1) is 6.61 Å². The number of nitrogens with two attached hydrogens (primary N) is 1. The van der Waals surface area contributed by atoms with Crippen LogP contribution in [0, 0.1) is 0 Å². The summed E-state index contributed by atoms with van der Waals surface area (Å²) in [4.78, 5) is 12.7. The highest BCUT2D eigenvalue weighted by atomic mass is 16.5. The summed E-state index contributed by atoms with van der Waals surface area (Å²) in [6.45, 7) is 3.24. The SMILES string of the molecule is CCOc1ccc(CCN(C)C(=O)NN)cc1. The first-order valence-electron chi connectivity index (χ1n) is 5.60. The lowest BCUT2D eigenvalue weighted by atomic mass is 10.1. The normalized spacial score (nSPS) is 9.82. The van der Waals surface area contributed by atoms with Crippen LogP contribution in [0.2, 0.25) is 0 Å². The maximum Gasteiger partial charge on any atom is 0.331 e. The van der Waals surface area contributed by atoms with Gasteiger partial charge in [-0.05, 0) is 31.0 Å². The average molecular weight is 237 g/mol. The van der Waals surface area contributed by atoms with E-state index in [9.17, 15) is 4.79 Å². The molecule has 1 aromatic carbocycles. The Morgan fingerprint density at radius 2 is 2.06 bits per heavy atom. The third-order valence-electron chi connectivity index (χ3n) is 2.44. The lowest BCUT2D eigenvalue weighted by molar-refractivity contribution is 0.209. The number of nitrogens with one attached hydrogen (secondary N) is 1. The van der Waals surface area contributed by atoms with Crippen molar-refractivity contribution in [2.24, 2.45) is 5.84 Å². The highest BCUT2D eigenvalue weighted by molar-refractivity contribution is 5.73. The summed E-state index contributed by atoms with van der Waals surface area (Å²) in [5, 5.41) is 0. The highest BCUT2D eigenvalue weighted by Crippen LogP contribution is 2.12. The quantitative estimate of drug-likeness (QED) is 0.458. The molecular weight excluding hydrogens is 218 g/mol. The monoisotopic (exact) mass is 237 g/mol. The van der Waals surface area contributed by atoms with E-state index in [2.05, 4.69) is 5.43 Å². The van der Waals surface area contributed by atoms with Crippen LogP contribution < -0.4 is 16.0 Å². The standard InChI is InChI=1S/C12H19N3O2/c1-3-17-11-6-4-10(5-7-11)8-9-15(2)12(16)14-13/h4-7H,3,8-9,13H2,1-2H3,(H,14,16). The molecule has 0 atom stereocenters.